The molecule has 124 valence electrons. The number of fused-ring (bicyclic) bond motifs is 1. The Labute approximate surface area is 142 Å². The van der Waals surface area contributed by atoms with Gasteiger partial charge in [-0.15, -0.1) is 0 Å². The molecule has 0 bridgehead atoms. The van der Waals surface area contributed by atoms with Crippen molar-refractivity contribution in [2.75, 3.05) is 6.79 Å². The minimum Gasteiger partial charge on any atom is -0.454 e. The third kappa shape index (κ3) is 2.50. The van der Waals surface area contributed by atoms with Gasteiger partial charge in [-0.1, -0.05) is 0 Å². The highest BCUT2D eigenvalue weighted by Gasteiger charge is 2.26. The molecule has 0 saturated carbocycles. The number of rotatable bonds is 3. The van der Waals surface area contributed by atoms with Crippen LogP contribution in [0.3, 0.4) is 0 Å². The third-order valence-corrected chi connectivity index (χ3v) is 3.78. The van der Waals surface area contributed by atoms with E-state index in [1.165, 1.54) is 0 Å². The molecule has 25 heavy (non-hydrogen) atoms. The zero-order valence-corrected chi connectivity index (χ0v) is 13.2. The zero-order valence-electron chi connectivity index (χ0n) is 13.2. The van der Waals surface area contributed by atoms with Crippen LogP contribution in [-0.2, 0) is 0 Å². The van der Waals surface area contributed by atoms with Crippen LogP contribution in [-0.4, -0.2) is 17.3 Å². The molecule has 0 radical (unpaired) electrons. The fraction of sp³-hybridized carbons (Fsp3) is 0.111. The highest BCUT2D eigenvalue weighted by molar-refractivity contribution is 5.95. The number of furan rings is 1. The van der Waals surface area contributed by atoms with Gasteiger partial charge in [0.2, 0.25) is 12.7 Å². The Kier molecular flexibility index (Phi) is 3.43. The number of hydrogen-bond donors (Lipinski definition) is 0. The number of benzene rings is 1. The van der Waals surface area contributed by atoms with Crippen molar-refractivity contribution in [3.05, 3.63) is 59.6 Å². The molecule has 7 heteroatoms. The second-order valence-electron chi connectivity index (χ2n) is 5.32. The smallest absolute Gasteiger partial charge is 0.348 e. The lowest BCUT2D eigenvalue weighted by Crippen LogP contribution is -2.11. The molecule has 1 aromatic carbocycles. The molecule has 0 saturated heterocycles. The number of aryl methyl sites for hydroxylation is 1. The second-order valence-corrected chi connectivity index (χ2v) is 5.32. The van der Waals surface area contributed by atoms with Crippen molar-refractivity contribution < 1.29 is 23.4 Å². The molecule has 0 amide bonds. The molecule has 0 atom stereocenters. The van der Waals surface area contributed by atoms with Crippen LogP contribution in [0.1, 0.15) is 21.7 Å². The lowest BCUT2D eigenvalue weighted by molar-refractivity contribution is 0.0732. The van der Waals surface area contributed by atoms with Gasteiger partial charge in [0, 0.05) is 18.5 Å². The van der Waals surface area contributed by atoms with Crippen LogP contribution in [0.2, 0.25) is 0 Å². The van der Waals surface area contributed by atoms with Crippen LogP contribution >= 0.6 is 0 Å². The van der Waals surface area contributed by atoms with Gasteiger partial charge in [0.15, 0.2) is 11.5 Å². The maximum Gasteiger partial charge on any atom is 0.348 e. The topological polar surface area (TPSA) is 86.6 Å². The van der Waals surface area contributed by atoms with E-state index in [1.807, 2.05) is 6.07 Å². The van der Waals surface area contributed by atoms with Crippen molar-refractivity contribution >= 4 is 5.97 Å². The molecule has 3 aromatic rings. The Morgan fingerprint density at radius 1 is 1.24 bits per heavy atom. The SMILES string of the molecule is Cc1oc(-n2cccc2)c(C#N)c1C(=O)Oc1ccc2c(c1)OCO2. The first-order chi connectivity index (χ1) is 12.2. The lowest BCUT2D eigenvalue weighted by atomic mass is 10.1. The minimum atomic E-state index is -0.671. The Bertz CT molecular complexity index is 995. The molecule has 1 aliphatic heterocycles. The van der Waals surface area contributed by atoms with Gasteiger partial charge in [-0.3, -0.25) is 4.57 Å². The quantitative estimate of drug-likeness (QED) is 0.539. The van der Waals surface area contributed by atoms with E-state index >= 15 is 0 Å². The fourth-order valence-corrected chi connectivity index (χ4v) is 2.63. The lowest BCUT2D eigenvalue weighted by Gasteiger charge is -2.05. The number of aromatic nitrogens is 1. The molecular formula is C18H12N2O5. The maximum atomic E-state index is 12.6. The van der Waals surface area contributed by atoms with Gasteiger partial charge >= 0.3 is 5.97 Å². The highest BCUT2D eigenvalue weighted by Crippen LogP contribution is 2.35. The van der Waals surface area contributed by atoms with E-state index in [1.54, 1.807) is 54.2 Å². The summed E-state index contributed by atoms with van der Waals surface area (Å²) in [6.45, 7) is 1.75. The largest absolute Gasteiger partial charge is 0.454 e. The Morgan fingerprint density at radius 3 is 2.76 bits per heavy atom. The van der Waals surface area contributed by atoms with Gasteiger partial charge in [0.1, 0.15) is 28.7 Å². The van der Waals surface area contributed by atoms with Gasteiger partial charge in [-0.25, -0.2) is 4.79 Å². The molecule has 0 aliphatic carbocycles. The van der Waals surface area contributed by atoms with E-state index in [4.69, 9.17) is 18.6 Å². The molecule has 0 N–H and O–H groups in total. The number of nitriles is 1. The number of nitrogens with zero attached hydrogens (tertiary/aromatic N) is 2. The van der Waals surface area contributed by atoms with Crippen molar-refractivity contribution in [1.29, 1.82) is 5.26 Å². The first kappa shape index (κ1) is 14.9. The number of ether oxygens (including phenoxy) is 3. The van der Waals surface area contributed by atoms with Crippen molar-refractivity contribution in [3.8, 4) is 29.2 Å². The first-order valence-electron chi connectivity index (χ1n) is 7.46. The molecule has 3 heterocycles. The molecule has 2 aromatic heterocycles. The van der Waals surface area contributed by atoms with E-state index < -0.39 is 5.97 Å². The summed E-state index contributed by atoms with van der Waals surface area (Å²) in [5.41, 5.74) is 0.225. The molecule has 0 spiro atoms. The summed E-state index contributed by atoms with van der Waals surface area (Å²) in [5, 5.41) is 9.49. The summed E-state index contributed by atoms with van der Waals surface area (Å²) in [4.78, 5) is 12.6. The summed E-state index contributed by atoms with van der Waals surface area (Å²) in [6, 6.07) is 10.4. The predicted octanol–water partition coefficient (Wildman–Crippen LogP) is 3.20. The number of esters is 1. The average molecular weight is 336 g/mol. The van der Waals surface area contributed by atoms with E-state index in [9.17, 15) is 10.1 Å². The number of hydrogen-bond acceptors (Lipinski definition) is 6. The monoisotopic (exact) mass is 336 g/mol. The van der Waals surface area contributed by atoms with Gasteiger partial charge < -0.3 is 18.6 Å². The summed E-state index contributed by atoms with van der Waals surface area (Å²) in [7, 11) is 0. The van der Waals surface area contributed by atoms with Crippen molar-refractivity contribution in [2.45, 2.75) is 6.92 Å². The number of carbonyl (C=O) groups is 1. The van der Waals surface area contributed by atoms with Gasteiger partial charge in [0.25, 0.3) is 0 Å². The van der Waals surface area contributed by atoms with Crippen LogP contribution in [0.15, 0.2) is 47.1 Å². The van der Waals surface area contributed by atoms with Gasteiger partial charge in [-0.05, 0) is 31.2 Å². The molecule has 1 aliphatic rings. The minimum absolute atomic E-state index is 0.101. The molecule has 0 fully saturated rings. The Balaban J connectivity index is 1.68. The fourth-order valence-electron chi connectivity index (χ4n) is 2.63. The molecule has 7 nitrogen and oxygen atoms in total. The third-order valence-electron chi connectivity index (χ3n) is 3.78. The first-order valence-corrected chi connectivity index (χ1v) is 7.46. The van der Waals surface area contributed by atoms with Gasteiger partial charge in [0.05, 0.1) is 0 Å². The predicted molar refractivity (Wildman–Crippen MR) is 85.0 cm³/mol. The summed E-state index contributed by atoms with van der Waals surface area (Å²) >= 11 is 0. The molecule has 0 unspecified atom stereocenters. The summed E-state index contributed by atoms with van der Waals surface area (Å²) in [6.07, 6.45) is 3.46. The Hall–Kier alpha value is -3.66. The van der Waals surface area contributed by atoms with Crippen LogP contribution in [0.4, 0.5) is 0 Å². The van der Waals surface area contributed by atoms with E-state index in [-0.39, 0.29) is 23.8 Å². The second kappa shape index (κ2) is 5.76. The van der Waals surface area contributed by atoms with Crippen LogP contribution in [0.25, 0.3) is 5.88 Å². The molecule has 4 rings (SSSR count). The highest BCUT2D eigenvalue weighted by atomic mass is 16.7. The zero-order chi connectivity index (χ0) is 17.4. The molecular weight excluding hydrogens is 324 g/mol. The van der Waals surface area contributed by atoms with Crippen molar-refractivity contribution in [3.63, 3.8) is 0 Å². The van der Waals surface area contributed by atoms with Gasteiger partial charge in [-0.2, -0.15) is 5.26 Å². The maximum absolute atomic E-state index is 12.6. The van der Waals surface area contributed by atoms with Crippen LogP contribution < -0.4 is 14.2 Å². The summed E-state index contributed by atoms with van der Waals surface area (Å²) < 4.78 is 23.1. The average Bonchev–Trinajstić information content (AvgIpc) is 3.33. The van der Waals surface area contributed by atoms with Crippen molar-refractivity contribution in [1.82, 2.24) is 4.57 Å². The Morgan fingerprint density at radius 2 is 2.00 bits per heavy atom. The standard InChI is InChI=1S/C18H12N2O5/c1-11-16(13(9-19)17(24-11)20-6-2-3-7-20)18(21)25-12-4-5-14-15(8-12)23-10-22-14/h2-8H,10H2,1H3. The summed E-state index contributed by atoms with van der Waals surface area (Å²) in [5.74, 6) is 1.31. The van der Waals surface area contributed by atoms with E-state index in [0.29, 0.717) is 23.0 Å². The normalized spacial score (nSPS) is 12.0. The van der Waals surface area contributed by atoms with E-state index in [0.717, 1.165) is 0 Å². The van der Waals surface area contributed by atoms with E-state index in [2.05, 4.69) is 0 Å². The van der Waals surface area contributed by atoms with Crippen molar-refractivity contribution in [2.24, 2.45) is 0 Å². The van der Waals surface area contributed by atoms with Crippen LogP contribution in [0, 0.1) is 18.3 Å². The van der Waals surface area contributed by atoms with Crippen LogP contribution in [0.5, 0.6) is 17.2 Å². The number of carbonyl (C=O) groups excluding carboxylic acids is 1.